The van der Waals surface area contributed by atoms with E-state index in [4.69, 9.17) is 9.98 Å². The Morgan fingerprint density at radius 3 is 1.47 bits per heavy atom. The molecule has 1 saturated carbocycles. The van der Waals surface area contributed by atoms with Crippen LogP contribution in [0.4, 0.5) is 0 Å². The first-order chi connectivity index (χ1) is 17.5. The minimum Gasteiger partial charge on any atom is -0.507 e. The highest BCUT2D eigenvalue weighted by molar-refractivity contribution is 5.85. The molecule has 2 aromatic carbocycles. The van der Waals surface area contributed by atoms with Gasteiger partial charge in [0.1, 0.15) is 11.5 Å². The topological polar surface area (TPSA) is 65.2 Å². The van der Waals surface area contributed by atoms with Gasteiger partial charge in [-0.05, 0) is 85.8 Å². The molecular weight excluding hydrogens is 444 g/mol. The molecule has 36 heavy (non-hydrogen) atoms. The van der Waals surface area contributed by atoms with E-state index in [1.54, 1.807) is 0 Å². The number of aromatic hydroxyl groups is 2. The van der Waals surface area contributed by atoms with Crippen molar-refractivity contribution >= 4 is 12.4 Å². The Bertz CT molecular complexity index is 959. The summed E-state index contributed by atoms with van der Waals surface area (Å²) in [5.74, 6) is 0.771. The highest BCUT2D eigenvalue weighted by Gasteiger charge is 2.21. The largest absolute Gasteiger partial charge is 0.507 e. The van der Waals surface area contributed by atoms with Gasteiger partial charge in [-0.1, -0.05) is 65.5 Å². The summed E-state index contributed by atoms with van der Waals surface area (Å²) in [6, 6.07) is 8.92. The average molecular weight is 491 g/mol. The Morgan fingerprint density at radius 1 is 0.667 bits per heavy atom. The number of hydrogen-bond acceptors (Lipinski definition) is 4. The second-order valence-electron chi connectivity index (χ2n) is 10.4. The van der Waals surface area contributed by atoms with E-state index in [-0.39, 0.29) is 12.1 Å². The number of benzene rings is 2. The molecule has 0 amide bonds. The summed E-state index contributed by atoms with van der Waals surface area (Å²) in [6.45, 7) is 8.67. The molecule has 1 fully saturated rings. The van der Waals surface area contributed by atoms with Crippen LogP contribution in [0.15, 0.2) is 34.3 Å². The fraction of sp³-hybridized carbons (Fsp3) is 0.562. The second-order valence-corrected chi connectivity index (χ2v) is 10.4. The Balaban J connectivity index is 1.74. The van der Waals surface area contributed by atoms with Crippen LogP contribution in [0.25, 0.3) is 0 Å². The molecule has 0 spiro atoms. The Labute approximate surface area is 218 Å². The fourth-order valence-corrected chi connectivity index (χ4v) is 5.34. The summed E-state index contributed by atoms with van der Waals surface area (Å²) in [7, 11) is 0. The normalized spacial score (nSPS) is 18.4. The van der Waals surface area contributed by atoms with Crippen LogP contribution >= 0.6 is 0 Å². The number of rotatable bonds is 12. The first-order valence-electron chi connectivity index (χ1n) is 14.2. The Kier molecular flexibility index (Phi) is 11.0. The smallest absolute Gasteiger partial charge is 0.127 e. The lowest BCUT2D eigenvalue weighted by Crippen LogP contribution is -2.21. The maximum atomic E-state index is 10.8. The maximum Gasteiger partial charge on any atom is 0.127 e. The SMILES string of the molecule is CCCc1cc(C=NC2CCCC(N=Cc3cc(CCC)cc(CCC)c3O)C2)c(O)c(CCC)c1. The van der Waals surface area contributed by atoms with Gasteiger partial charge in [0.25, 0.3) is 0 Å². The van der Waals surface area contributed by atoms with Gasteiger partial charge in [-0.2, -0.15) is 0 Å². The third-order valence-electron chi connectivity index (χ3n) is 7.14. The van der Waals surface area contributed by atoms with Crippen molar-refractivity contribution in [3.8, 4) is 11.5 Å². The highest BCUT2D eigenvalue weighted by Crippen LogP contribution is 2.29. The number of nitrogens with zero attached hydrogens (tertiary/aromatic N) is 2. The molecule has 4 nitrogen and oxygen atoms in total. The van der Waals surface area contributed by atoms with Gasteiger partial charge in [0.05, 0.1) is 12.1 Å². The zero-order chi connectivity index (χ0) is 25.9. The van der Waals surface area contributed by atoms with Crippen molar-refractivity contribution in [3.63, 3.8) is 0 Å². The summed E-state index contributed by atoms with van der Waals surface area (Å²) in [5.41, 5.74) is 6.30. The van der Waals surface area contributed by atoms with E-state index < -0.39 is 0 Å². The van der Waals surface area contributed by atoms with E-state index >= 15 is 0 Å². The molecule has 0 heterocycles. The van der Waals surface area contributed by atoms with E-state index in [0.717, 1.165) is 99.3 Å². The molecule has 0 radical (unpaired) electrons. The molecule has 2 N–H and O–H groups in total. The van der Waals surface area contributed by atoms with Crippen molar-refractivity contribution in [1.29, 1.82) is 0 Å². The van der Waals surface area contributed by atoms with Crippen molar-refractivity contribution in [3.05, 3.63) is 57.6 Å². The van der Waals surface area contributed by atoms with Gasteiger partial charge in [0.15, 0.2) is 0 Å². The molecule has 2 unspecified atom stereocenters. The number of phenolic OH excluding ortho intramolecular Hbond substituents is 2. The van der Waals surface area contributed by atoms with Gasteiger partial charge < -0.3 is 10.2 Å². The van der Waals surface area contributed by atoms with Gasteiger partial charge in [0, 0.05) is 23.6 Å². The summed E-state index contributed by atoms with van der Waals surface area (Å²) in [6.07, 6.45) is 15.9. The fourth-order valence-electron chi connectivity index (χ4n) is 5.34. The Hall–Kier alpha value is -2.62. The lowest BCUT2D eigenvalue weighted by molar-refractivity contribution is 0.397. The zero-order valence-corrected chi connectivity index (χ0v) is 22.9. The lowest BCUT2D eigenvalue weighted by Gasteiger charge is -2.24. The molecule has 0 saturated heterocycles. The van der Waals surface area contributed by atoms with Crippen LogP contribution in [0.1, 0.15) is 112 Å². The van der Waals surface area contributed by atoms with Gasteiger partial charge in [-0.3, -0.25) is 9.98 Å². The molecule has 0 aliphatic heterocycles. The van der Waals surface area contributed by atoms with Gasteiger partial charge in [0.2, 0.25) is 0 Å². The molecule has 0 bridgehead atoms. The van der Waals surface area contributed by atoms with Crippen LogP contribution in [-0.2, 0) is 25.7 Å². The average Bonchev–Trinajstić information content (AvgIpc) is 2.87. The molecule has 1 aliphatic carbocycles. The molecular formula is C32H46N2O2. The van der Waals surface area contributed by atoms with Crippen molar-refractivity contribution in [2.24, 2.45) is 9.98 Å². The van der Waals surface area contributed by atoms with Crippen LogP contribution in [0.3, 0.4) is 0 Å². The van der Waals surface area contributed by atoms with Crippen molar-refractivity contribution in [2.75, 3.05) is 0 Å². The number of aliphatic imine (C=N–C) groups is 2. The van der Waals surface area contributed by atoms with Crippen molar-refractivity contribution in [1.82, 2.24) is 0 Å². The van der Waals surface area contributed by atoms with Crippen LogP contribution in [0.5, 0.6) is 11.5 Å². The summed E-state index contributed by atoms with van der Waals surface area (Å²) in [5, 5.41) is 21.6. The minimum absolute atomic E-state index is 0.209. The molecule has 3 rings (SSSR count). The minimum atomic E-state index is 0.209. The van der Waals surface area contributed by atoms with E-state index in [1.165, 1.54) is 11.1 Å². The highest BCUT2D eigenvalue weighted by atomic mass is 16.3. The van der Waals surface area contributed by atoms with E-state index in [9.17, 15) is 10.2 Å². The predicted octanol–water partition coefficient (Wildman–Crippen LogP) is 7.76. The summed E-state index contributed by atoms with van der Waals surface area (Å²) in [4.78, 5) is 9.82. The summed E-state index contributed by atoms with van der Waals surface area (Å²) < 4.78 is 0. The van der Waals surface area contributed by atoms with Crippen LogP contribution in [-0.4, -0.2) is 34.7 Å². The van der Waals surface area contributed by atoms with Gasteiger partial charge in [-0.25, -0.2) is 0 Å². The van der Waals surface area contributed by atoms with Crippen molar-refractivity contribution in [2.45, 2.75) is 117 Å². The predicted molar refractivity (Wildman–Crippen MR) is 153 cm³/mol. The summed E-state index contributed by atoms with van der Waals surface area (Å²) >= 11 is 0. The number of aryl methyl sites for hydroxylation is 4. The van der Waals surface area contributed by atoms with E-state index in [2.05, 4.69) is 52.0 Å². The van der Waals surface area contributed by atoms with Crippen LogP contribution in [0.2, 0.25) is 0 Å². The quantitative estimate of drug-likeness (QED) is 0.299. The second kappa shape index (κ2) is 14.2. The van der Waals surface area contributed by atoms with Crippen LogP contribution < -0.4 is 0 Å². The first-order valence-corrected chi connectivity index (χ1v) is 14.2. The zero-order valence-electron chi connectivity index (χ0n) is 22.9. The van der Waals surface area contributed by atoms with Crippen LogP contribution in [0, 0.1) is 0 Å². The first kappa shape index (κ1) is 28.0. The molecule has 2 atom stereocenters. The molecule has 196 valence electrons. The standard InChI is InChI=1S/C32H46N2O2/c1-5-10-23-16-25(12-7-3)31(35)27(18-23)21-33-29-14-9-15-30(20-29)34-22-28-19-24(11-6-2)17-26(13-8-4)32(28)36/h16-19,21-22,29-30,35-36H,5-15,20H2,1-4H3. The van der Waals surface area contributed by atoms with Gasteiger partial charge >= 0.3 is 0 Å². The number of phenols is 2. The van der Waals surface area contributed by atoms with E-state index in [1.807, 2.05) is 12.4 Å². The third-order valence-corrected chi connectivity index (χ3v) is 7.14. The molecule has 1 aliphatic rings. The molecule has 0 aromatic heterocycles. The maximum absolute atomic E-state index is 10.8. The Morgan fingerprint density at radius 2 is 1.08 bits per heavy atom. The lowest BCUT2D eigenvalue weighted by atomic mass is 9.91. The van der Waals surface area contributed by atoms with E-state index in [0.29, 0.717) is 11.5 Å². The molecule has 4 heteroatoms. The van der Waals surface area contributed by atoms with Gasteiger partial charge in [-0.15, -0.1) is 0 Å². The number of hydrogen-bond donors (Lipinski definition) is 2. The van der Waals surface area contributed by atoms with Crippen molar-refractivity contribution < 1.29 is 10.2 Å². The monoisotopic (exact) mass is 490 g/mol. The molecule has 2 aromatic rings. The third kappa shape index (κ3) is 7.69.